The molecule has 2 saturated heterocycles. The number of aliphatic imine (C=N–C) groups is 1. The number of piperazine rings is 1. The number of hydrogen-bond donors (Lipinski definition) is 3. The molecule has 2 fully saturated rings. The number of imide groups is 2. The number of carbonyl (C=O) groups is 6. The van der Waals surface area contributed by atoms with E-state index in [1.807, 2.05) is 35.8 Å². The second-order valence-corrected chi connectivity index (χ2v) is 16.0. The number of nitrogens with one attached hydrogen (secondary N) is 3. The number of piperidine rings is 1. The highest BCUT2D eigenvalue weighted by atomic mass is 35.5. The zero-order chi connectivity index (χ0) is 40.1. The first-order chi connectivity index (χ1) is 27.4. The van der Waals surface area contributed by atoms with Crippen LogP contribution in [0.1, 0.15) is 85.7 Å². The van der Waals surface area contributed by atoms with Crippen LogP contribution in [-0.4, -0.2) is 109 Å². The fourth-order valence-corrected chi connectivity index (χ4v) is 9.04. The van der Waals surface area contributed by atoms with E-state index in [0.717, 1.165) is 37.2 Å². The smallest absolute Gasteiger partial charge is 0.264 e. The number of fused-ring (bicyclic) bond motifs is 4. The second kappa shape index (κ2) is 15.3. The summed E-state index contributed by atoms with van der Waals surface area (Å²) < 4.78 is 2.02. The van der Waals surface area contributed by atoms with Crippen LogP contribution < -0.4 is 16.1 Å². The van der Waals surface area contributed by atoms with E-state index in [2.05, 4.69) is 40.1 Å². The molecule has 2 aromatic heterocycles. The Bertz CT molecular complexity index is 2380. The number of nitrogens with zero attached hydrogens (tertiary/aromatic N) is 7. The Labute approximate surface area is 336 Å². The summed E-state index contributed by atoms with van der Waals surface area (Å²) in [4.78, 5) is 86.5. The molecule has 4 aromatic rings. The minimum Gasteiger partial charge on any atom is -0.384 e. The monoisotopic (exact) mass is 810 g/mol. The van der Waals surface area contributed by atoms with Gasteiger partial charge in [-0.2, -0.15) is 0 Å². The Balaban J connectivity index is 0.875. The van der Waals surface area contributed by atoms with Crippen LogP contribution in [-0.2, 0) is 19.2 Å². The molecule has 0 aliphatic carbocycles. The number of rotatable bonds is 9. The first-order valence-electron chi connectivity index (χ1n) is 18.7. The Morgan fingerprint density at radius 2 is 1.70 bits per heavy atom. The molecule has 2 aromatic carbocycles. The Hall–Kier alpha value is -5.78. The van der Waals surface area contributed by atoms with E-state index in [1.165, 1.54) is 6.07 Å². The molecule has 1 unspecified atom stereocenters. The lowest BCUT2D eigenvalue weighted by atomic mass is 9.99. The fourth-order valence-electron chi connectivity index (χ4n) is 7.70. The first kappa shape index (κ1) is 38.1. The fraction of sp³-hybridized carbons (Fsp3) is 0.359. The van der Waals surface area contributed by atoms with Gasteiger partial charge in [0.05, 0.1) is 23.3 Å². The summed E-state index contributed by atoms with van der Waals surface area (Å²) in [5.74, 6) is -1.39. The molecule has 6 amide bonds. The van der Waals surface area contributed by atoms with Crippen molar-refractivity contribution in [2.24, 2.45) is 4.99 Å². The Morgan fingerprint density at radius 1 is 0.947 bits per heavy atom. The molecular weight excluding hydrogens is 772 g/mol. The summed E-state index contributed by atoms with van der Waals surface area (Å²) in [6, 6.07) is 10.7. The number of hydrazine groups is 1. The zero-order valence-corrected chi connectivity index (χ0v) is 33.0. The van der Waals surface area contributed by atoms with Crippen LogP contribution in [0.4, 0.5) is 5.69 Å². The number of carbonyl (C=O) groups excluding carboxylic acids is 6. The first-order valence-corrected chi connectivity index (χ1v) is 19.9. The van der Waals surface area contributed by atoms with Gasteiger partial charge in [-0.25, -0.2) is 5.01 Å². The third-order valence-corrected chi connectivity index (χ3v) is 12.2. The predicted molar refractivity (Wildman–Crippen MR) is 210 cm³/mol. The number of anilines is 1. The van der Waals surface area contributed by atoms with Gasteiger partial charge in [0.25, 0.3) is 11.8 Å². The van der Waals surface area contributed by atoms with Gasteiger partial charge < -0.3 is 10.2 Å². The minimum atomic E-state index is -1.07. The van der Waals surface area contributed by atoms with Crippen molar-refractivity contribution < 1.29 is 28.8 Å². The number of amides is 6. The maximum absolute atomic E-state index is 13.9. The van der Waals surface area contributed by atoms with E-state index in [0.29, 0.717) is 48.5 Å². The average molecular weight is 811 g/mol. The molecule has 0 spiro atoms. The van der Waals surface area contributed by atoms with Crippen molar-refractivity contribution in [2.75, 3.05) is 38.0 Å². The number of hydrogen-bond acceptors (Lipinski definition) is 12. The molecule has 16 nitrogen and oxygen atoms in total. The van der Waals surface area contributed by atoms with Gasteiger partial charge in [0.15, 0.2) is 5.82 Å². The number of thiophene rings is 1. The molecule has 294 valence electrons. The largest absolute Gasteiger partial charge is 0.384 e. The van der Waals surface area contributed by atoms with E-state index in [4.69, 9.17) is 16.6 Å². The van der Waals surface area contributed by atoms with Crippen LogP contribution in [0.3, 0.4) is 0 Å². The van der Waals surface area contributed by atoms with E-state index in [-0.39, 0.29) is 55.2 Å². The molecule has 57 heavy (non-hydrogen) atoms. The van der Waals surface area contributed by atoms with Crippen LogP contribution in [0, 0.1) is 20.8 Å². The molecule has 4 aliphatic rings. The maximum atomic E-state index is 13.9. The van der Waals surface area contributed by atoms with E-state index in [9.17, 15) is 28.8 Å². The number of benzene rings is 2. The predicted octanol–water partition coefficient (Wildman–Crippen LogP) is 3.27. The van der Waals surface area contributed by atoms with Crippen molar-refractivity contribution in [3.05, 3.63) is 91.8 Å². The van der Waals surface area contributed by atoms with E-state index < -0.39 is 35.7 Å². The van der Waals surface area contributed by atoms with Crippen LogP contribution in [0.2, 0.25) is 5.02 Å². The van der Waals surface area contributed by atoms with Crippen LogP contribution in [0.15, 0.2) is 47.5 Å². The molecule has 2 atom stereocenters. The highest BCUT2D eigenvalue weighted by Gasteiger charge is 2.45. The van der Waals surface area contributed by atoms with Gasteiger partial charge in [-0.15, -0.1) is 21.5 Å². The lowest BCUT2D eigenvalue weighted by molar-refractivity contribution is -0.137. The molecule has 0 saturated carbocycles. The maximum Gasteiger partial charge on any atom is 0.264 e. The lowest BCUT2D eigenvalue weighted by Crippen LogP contribution is -2.55. The quantitative estimate of drug-likeness (QED) is 0.212. The number of aromatic nitrogens is 3. The van der Waals surface area contributed by atoms with Crippen molar-refractivity contribution in [3.63, 3.8) is 0 Å². The summed E-state index contributed by atoms with van der Waals surface area (Å²) >= 11 is 7.89. The summed E-state index contributed by atoms with van der Waals surface area (Å²) in [7, 11) is 0. The summed E-state index contributed by atoms with van der Waals surface area (Å²) in [6.07, 6.45) is 0.228. The summed E-state index contributed by atoms with van der Waals surface area (Å²) in [6.45, 7) is 7.84. The second-order valence-electron chi connectivity index (χ2n) is 14.4. The van der Waals surface area contributed by atoms with Gasteiger partial charge in [-0.3, -0.25) is 54.0 Å². The Kier molecular flexibility index (Phi) is 10.2. The topological polar surface area (TPSA) is 191 Å². The van der Waals surface area contributed by atoms with Gasteiger partial charge in [-0.1, -0.05) is 29.8 Å². The third kappa shape index (κ3) is 7.10. The van der Waals surface area contributed by atoms with Gasteiger partial charge in [0, 0.05) is 72.3 Å². The normalized spacial score (nSPS) is 19.4. The average Bonchev–Trinajstić information content (AvgIpc) is 3.76. The van der Waals surface area contributed by atoms with Crippen molar-refractivity contribution in [2.45, 2.75) is 58.5 Å². The minimum absolute atomic E-state index is 0.0263. The summed E-state index contributed by atoms with van der Waals surface area (Å²) in [5, 5.41) is 17.5. The lowest BCUT2D eigenvalue weighted by Gasteiger charge is -2.35. The Morgan fingerprint density at radius 3 is 2.44 bits per heavy atom. The third-order valence-electron chi connectivity index (χ3n) is 10.8. The summed E-state index contributed by atoms with van der Waals surface area (Å²) in [5.41, 5.74) is 7.32. The number of aryl methyl sites for hydroxylation is 2. The standard InChI is InChI=1S/C39H39ClN10O6S/c1-20-21(2)57-39-32(20)34(23-7-9-24(40)10-8-23)42-27(35-45-44-22(3)49(35)39)19-31(53)47-15-17-48(18-16-47)46-30(52)13-14-41-26-6-4-5-25-33(26)38(56)50(37(25)55)28-11-12-29(51)43-36(28)54/h4-10,27-28,41H,11-19H2,1-3H3,(H,46,52)(H,43,51,54)/t27-,28?/m0/s1. The molecule has 0 radical (unpaired) electrons. The zero-order valence-electron chi connectivity index (χ0n) is 31.4. The van der Waals surface area contributed by atoms with Crippen LogP contribution in [0.5, 0.6) is 0 Å². The van der Waals surface area contributed by atoms with Gasteiger partial charge in [0.1, 0.15) is 22.9 Å². The molecule has 0 bridgehead atoms. The highest BCUT2D eigenvalue weighted by molar-refractivity contribution is 7.15. The molecule has 6 heterocycles. The van der Waals surface area contributed by atoms with Gasteiger partial charge in [-0.05, 0) is 57.0 Å². The molecule has 8 rings (SSSR count). The molecule has 4 aliphatic heterocycles. The highest BCUT2D eigenvalue weighted by Crippen LogP contribution is 2.40. The van der Waals surface area contributed by atoms with E-state index >= 15 is 0 Å². The molecular formula is C39H39ClN10O6S. The van der Waals surface area contributed by atoms with E-state index in [1.54, 1.807) is 33.4 Å². The van der Waals surface area contributed by atoms with Crippen LogP contribution >= 0.6 is 22.9 Å². The van der Waals surface area contributed by atoms with Gasteiger partial charge in [0.2, 0.25) is 23.6 Å². The van der Waals surface area contributed by atoms with Crippen molar-refractivity contribution in [3.8, 4) is 5.00 Å². The van der Waals surface area contributed by atoms with Crippen LogP contribution in [0.25, 0.3) is 5.00 Å². The van der Waals surface area contributed by atoms with Crippen molar-refractivity contribution >= 4 is 69.8 Å². The SMILES string of the molecule is Cc1sc2c(c1C)C(c1ccc(Cl)cc1)=N[C@@H](CC(=O)N1CCN(NC(=O)CCNc3cccc4c3C(=O)N(C3CCC(=O)NC3=O)C4=O)CC1)c1nnc(C)n1-2. The van der Waals surface area contributed by atoms with Crippen molar-refractivity contribution in [1.82, 2.24) is 40.3 Å². The van der Waals surface area contributed by atoms with Gasteiger partial charge >= 0.3 is 0 Å². The molecule has 18 heteroatoms. The van der Waals surface area contributed by atoms with Crippen molar-refractivity contribution in [1.29, 1.82) is 0 Å². The number of halogens is 1. The molecule has 3 N–H and O–H groups in total.